The Kier molecular flexibility index (Phi) is 6.32. The molecule has 0 aromatic rings. The zero-order chi connectivity index (χ0) is 14.3. The third kappa shape index (κ3) is 6.85. The van der Waals surface area contributed by atoms with Gasteiger partial charge in [0.1, 0.15) is 6.04 Å². The summed E-state index contributed by atoms with van der Waals surface area (Å²) < 4.78 is 0. The van der Waals surface area contributed by atoms with Gasteiger partial charge in [-0.1, -0.05) is 6.92 Å². The summed E-state index contributed by atoms with van der Waals surface area (Å²) in [7, 11) is 0. The minimum atomic E-state index is -1.24. The Morgan fingerprint density at radius 3 is 2.33 bits per heavy atom. The van der Waals surface area contributed by atoms with Crippen molar-refractivity contribution < 1.29 is 24.6 Å². The lowest BCUT2D eigenvalue weighted by molar-refractivity contribution is -0.143. The molecule has 0 aliphatic rings. The van der Waals surface area contributed by atoms with Gasteiger partial charge in [-0.05, 0) is 19.8 Å². The van der Waals surface area contributed by atoms with Crippen molar-refractivity contribution in [2.75, 3.05) is 0 Å². The lowest BCUT2D eigenvalue weighted by Gasteiger charge is -2.22. The van der Waals surface area contributed by atoms with Gasteiger partial charge < -0.3 is 21.3 Å². The van der Waals surface area contributed by atoms with Crippen LogP contribution in [0, 0.1) is 0 Å². The number of hydrogen-bond donors (Lipinski definition) is 4. The maximum atomic E-state index is 11.5. The predicted octanol–water partition coefficient (Wildman–Crippen LogP) is -0.628. The molecule has 0 bridgehead atoms. The summed E-state index contributed by atoms with van der Waals surface area (Å²) in [6.07, 6.45) is -0.00458. The van der Waals surface area contributed by atoms with Gasteiger partial charge in [0.05, 0.1) is 12.0 Å². The van der Waals surface area contributed by atoms with Crippen LogP contribution < -0.4 is 11.1 Å². The highest BCUT2D eigenvalue weighted by Crippen LogP contribution is 2.13. The Bertz CT molecular complexity index is 327. The maximum Gasteiger partial charge on any atom is 0.326 e. The maximum absolute atomic E-state index is 11.5. The van der Waals surface area contributed by atoms with Crippen molar-refractivity contribution in [3.05, 3.63) is 0 Å². The summed E-state index contributed by atoms with van der Waals surface area (Å²) >= 11 is 0. The van der Waals surface area contributed by atoms with Crippen LogP contribution in [-0.4, -0.2) is 39.6 Å². The van der Waals surface area contributed by atoms with Crippen molar-refractivity contribution in [3.63, 3.8) is 0 Å². The predicted molar refractivity (Wildman–Crippen MR) is 63.5 cm³/mol. The van der Waals surface area contributed by atoms with Crippen molar-refractivity contribution in [1.29, 1.82) is 0 Å². The van der Waals surface area contributed by atoms with E-state index in [2.05, 4.69) is 5.32 Å². The molecule has 0 radical (unpaired) electrons. The average Bonchev–Trinajstić information content (AvgIpc) is 2.22. The van der Waals surface area contributed by atoms with Crippen LogP contribution in [0.5, 0.6) is 0 Å². The van der Waals surface area contributed by atoms with E-state index in [-0.39, 0.29) is 19.3 Å². The van der Waals surface area contributed by atoms with Crippen LogP contribution >= 0.6 is 0 Å². The fourth-order valence-corrected chi connectivity index (χ4v) is 1.26. The number of rotatable bonds is 8. The molecule has 104 valence electrons. The topological polar surface area (TPSA) is 130 Å². The molecule has 0 rings (SSSR count). The summed E-state index contributed by atoms with van der Waals surface area (Å²) in [4.78, 5) is 32.9. The van der Waals surface area contributed by atoms with Crippen molar-refractivity contribution in [1.82, 2.24) is 5.32 Å². The molecule has 0 aliphatic carbocycles. The van der Waals surface area contributed by atoms with Crippen LogP contribution in [0.25, 0.3) is 0 Å². The second-order valence-corrected chi connectivity index (χ2v) is 4.49. The number of nitrogens with two attached hydrogens (primary N) is 1. The molecular formula is C11H20N2O5. The van der Waals surface area contributed by atoms with E-state index in [4.69, 9.17) is 10.8 Å². The number of aliphatic carboxylic acids is 1. The van der Waals surface area contributed by atoms with Crippen LogP contribution in [0.3, 0.4) is 0 Å². The molecule has 0 saturated heterocycles. The molecule has 0 spiro atoms. The molecule has 0 aliphatic heterocycles. The van der Waals surface area contributed by atoms with Gasteiger partial charge in [0, 0.05) is 6.42 Å². The van der Waals surface area contributed by atoms with Gasteiger partial charge in [-0.3, -0.25) is 9.59 Å². The molecule has 2 atom stereocenters. The average molecular weight is 260 g/mol. The van der Waals surface area contributed by atoms with E-state index in [1.807, 2.05) is 0 Å². The van der Waals surface area contributed by atoms with Crippen LogP contribution in [-0.2, 0) is 14.4 Å². The molecule has 2 amide bonds. The van der Waals surface area contributed by atoms with Crippen molar-refractivity contribution >= 4 is 17.8 Å². The highest BCUT2D eigenvalue weighted by molar-refractivity contribution is 5.84. The number of amides is 2. The summed E-state index contributed by atoms with van der Waals surface area (Å²) in [5, 5.41) is 20.8. The normalized spacial score (nSPS) is 15.5. The minimum absolute atomic E-state index is 0.0648. The van der Waals surface area contributed by atoms with E-state index in [1.54, 1.807) is 6.92 Å². The highest BCUT2D eigenvalue weighted by atomic mass is 16.4. The van der Waals surface area contributed by atoms with E-state index >= 15 is 0 Å². The second kappa shape index (κ2) is 6.95. The smallest absolute Gasteiger partial charge is 0.326 e. The monoisotopic (exact) mass is 260 g/mol. The Balaban J connectivity index is 4.37. The summed E-state index contributed by atoms with van der Waals surface area (Å²) in [5.74, 6) is -2.43. The lowest BCUT2D eigenvalue weighted by atomic mass is 9.98. The first kappa shape index (κ1) is 16.4. The second-order valence-electron chi connectivity index (χ2n) is 4.49. The number of hydrogen-bond acceptors (Lipinski definition) is 4. The summed E-state index contributed by atoms with van der Waals surface area (Å²) in [6, 6.07) is -1.17. The Morgan fingerprint density at radius 1 is 1.39 bits per heavy atom. The van der Waals surface area contributed by atoms with Gasteiger partial charge in [0.2, 0.25) is 11.8 Å². The molecule has 5 N–H and O–H groups in total. The molecule has 0 aromatic heterocycles. The van der Waals surface area contributed by atoms with Crippen LogP contribution in [0.4, 0.5) is 0 Å². The highest BCUT2D eigenvalue weighted by Gasteiger charge is 2.26. The van der Waals surface area contributed by atoms with Crippen molar-refractivity contribution in [2.45, 2.75) is 51.2 Å². The number of carboxylic acid groups (broad SMARTS) is 1. The minimum Gasteiger partial charge on any atom is -0.480 e. The number of carbonyl (C=O) groups is 3. The van der Waals surface area contributed by atoms with Gasteiger partial charge in [0.15, 0.2) is 0 Å². The molecule has 0 saturated carbocycles. The molecule has 0 fully saturated rings. The van der Waals surface area contributed by atoms with Gasteiger partial charge >= 0.3 is 5.97 Å². The number of nitrogens with one attached hydrogen (secondary N) is 1. The molecule has 18 heavy (non-hydrogen) atoms. The zero-order valence-corrected chi connectivity index (χ0v) is 10.6. The van der Waals surface area contributed by atoms with Crippen LogP contribution in [0.15, 0.2) is 0 Å². The molecule has 7 heteroatoms. The van der Waals surface area contributed by atoms with Gasteiger partial charge in [-0.15, -0.1) is 0 Å². The fourth-order valence-electron chi connectivity index (χ4n) is 1.26. The van der Waals surface area contributed by atoms with E-state index in [9.17, 15) is 19.5 Å². The van der Waals surface area contributed by atoms with E-state index in [0.29, 0.717) is 6.42 Å². The SMILES string of the molecule is CCC(C)(O)CC(=O)N[C@@H](CCC(N)=O)C(=O)O. The number of carboxylic acids is 1. The Morgan fingerprint density at radius 2 is 1.94 bits per heavy atom. The summed E-state index contributed by atoms with van der Waals surface area (Å²) in [6.45, 7) is 3.21. The molecular weight excluding hydrogens is 240 g/mol. The quantitative estimate of drug-likeness (QED) is 0.462. The molecule has 1 unspecified atom stereocenters. The Labute approximate surface area is 105 Å². The number of primary amides is 1. The lowest BCUT2D eigenvalue weighted by Crippen LogP contribution is -2.44. The van der Waals surface area contributed by atoms with Gasteiger partial charge in [-0.2, -0.15) is 0 Å². The largest absolute Gasteiger partial charge is 0.480 e. The first-order valence-electron chi connectivity index (χ1n) is 5.71. The van der Waals surface area contributed by atoms with Gasteiger partial charge in [0.25, 0.3) is 0 Å². The van der Waals surface area contributed by atoms with Crippen molar-refractivity contribution in [3.8, 4) is 0 Å². The third-order valence-corrected chi connectivity index (χ3v) is 2.62. The first-order chi connectivity index (χ1) is 8.18. The van der Waals surface area contributed by atoms with E-state index in [1.165, 1.54) is 6.92 Å². The molecule has 7 nitrogen and oxygen atoms in total. The first-order valence-corrected chi connectivity index (χ1v) is 5.71. The van der Waals surface area contributed by atoms with E-state index < -0.39 is 29.4 Å². The van der Waals surface area contributed by atoms with E-state index in [0.717, 1.165) is 0 Å². The number of aliphatic hydroxyl groups is 1. The van der Waals surface area contributed by atoms with Crippen LogP contribution in [0.2, 0.25) is 0 Å². The third-order valence-electron chi connectivity index (χ3n) is 2.62. The molecule has 0 heterocycles. The number of carbonyl (C=O) groups excluding carboxylic acids is 2. The standard InChI is InChI=1S/C11H20N2O5/c1-3-11(2,18)6-9(15)13-7(10(16)17)4-5-8(12)14/h7,18H,3-6H2,1-2H3,(H2,12,14)(H,13,15)(H,16,17)/t7-,11?/m0/s1. The summed E-state index contributed by atoms with van der Waals surface area (Å²) in [5.41, 5.74) is 3.74. The molecule has 0 aromatic carbocycles. The fraction of sp³-hybridized carbons (Fsp3) is 0.727. The Hall–Kier alpha value is -1.63. The van der Waals surface area contributed by atoms with Crippen molar-refractivity contribution in [2.24, 2.45) is 5.73 Å². The van der Waals surface area contributed by atoms with Gasteiger partial charge in [-0.25, -0.2) is 4.79 Å². The van der Waals surface area contributed by atoms with Crippen LogP contribution in [0.1, 0.15) is 39.5 Å². The zero-order valence-electron chi connectivity index (χ0n) is 10.6.